The van der Waals surface area contributed by atoms with Gasteiger partial charge in [-0.2, -0.15) is 0 Å². The number of rotatable bonds is 7. The molecule has 0 radical (unpaired) electrons. The molecule has 1 aliphatic rings. The second kappa shape index (κ2) is 10.8. The smallest absolute Gasteiger partial charge is 0.410 e. The Bertz CT molecular complexity index is 874. The van der Waals surface area contributed by atoms with Gasteiger partial charge < -0.3 is 20.3 Å². The van der Waals surface area contributed by atoms with Crippen LogP contribution in [0.3, 0.4) is 0 Å². The summed E-state index contributed by atoms with van der Waals surface area (Å²) >= 11 is 3.45. The van der Waals surface area contributed by atoms with Crippen molar-refractivity contribution in [1.29, 1.82) is 0 Å². The van der Waals surface area contributed by atoms with Crippen LogP contribution in [0.1, 0.15) is 52.5 Å². The highest BCUT2D eigenvalue weighted by Crippen LogP contribution is 2.30. The van der Waals surface area contributed by atoms with E-state index in [1.54, 1.807) is 11.9 Å². The zero-order valence-electron chi connectivity index (χ0n) is 19.1. The normalized spacial score (nSPS) is 13.5. The maximum atomic E-state index is 13.3. The number of amidine groups is 1. The lowest BCUT2D eigenvalue weighted by molar-refractivity contribution is -0.127. The lowest BCUT2D eigenvalue weighted by Crippen LogP contribution is -2.38. The molecule has 8 heteroatoms. The number of amides is 2. The molecule has 2 amide bonds. The third kappa shape index (κ3) is 7.69. The summed E-state index contributed by atoms with van der Waals surface area (Å²) in [6.45, 7) is 9.24. The summed E-state index contributed by atoms with van der Waals surface area (Å²) in [6, 6.07) is 5.74. The quantitative estimate of drug-likeness (QED) is 0.596. The van der Waals surface area contributed by atoms with E-state index in [0.29, 0.717) is 43.9 Å². The average Bonchev–Trinajstić information content (AvgIpc) is 2.82. The van der Waals surface area contributed by atoms with Crippen LogP contribution in [0.25, 0.3) is 6.08 Å². The molecular formula is C23H33BrN4O3. The van der Waals surface area contributed by atoms with Crippen LogP contribution < -0.4 is 5.73 Å². The average molecular weight is 493 g/mol. The summed E-state index contributed by atoms with van der Waals surface area (Å²) < 4.78 is 6.29. The molecule has 0 saturated carbocycles. The second-order valence-electron chi connectivity index (χ2n) is 8.70. The fourth-order valence-corrected chi connectivity index (χ4v) is 3.57. The summed E-state index contributed by atoms with van der Waals surface area (Å²) in [5, 5.41) is 0. The summed E-state index contributed by atoms with van der Waals surface area (Å²) in [4.78, 5) is 33.3. The van der Waals surface area contributed by atoms with E-state index < -0.39 is 5.60 Å². The van der Waals surface area contributed by atoms with Crippen molar-refractivity contribution in [1.82, 2.24) is 9.80 Å². The molecule has 0 aliphatic carbocycles. The standard InChI is InChI=1S/C23H33BrN4O3/c1-6-10-28(12-7-11-27(5)22(30)31-23(2,3)4)21(29)17-13-16-8-9-18(24)15-19(16)26-20(25)14-17/h8-9,13,15H,6-7,10-12,14H2,1-5H3,(H2,25,26). The predicted octanol–water partition coefficient (Wildman–Crippen LogP) is 4.72. The Kier molecular flexibility index (Phi) is 8.68. The first-order valence-electron chi connectivity index (χ1n) is 10.6. The molecular weight excluding hydrogens is 460 g/mol. The number of benzene rings is 1. The lowest BCUT2D eigenvalue weighted by Gasteiger charge is -2.27. The number of halogens is 1. The first-order valence-corrected chi connectivity index (χ1v) is 11.4. The van der Waals surface area contributed by atoms with Crippen LogP contribution in [0, 0.1) is 0 Å². The van der Waals surface area contributed by atoms with E-state index in [-0.39, 0.29) is 12.0 Å². The molecule has 1 aromatic rings. The highest BCUT2D eigenvalue weighted by molar-refractivity contribution is 9.10. The second-order valence-corrected chi connectivity index (χ2v) is 9.62. The van der Waals surface area contributed by atoms with Gasteiger partial charge in [0, 0.05) is 48.7 Å². The van der Waals surface area contributed by atoms with Gasteiger partial charge in [0.1, 0.15) is 11.4 Å². The minimum absolute atomic E-state index is 0.0457. The Hall–Kier alpha value is -2.35. The molecule has 2 rings (SSSR count). The monoisotopic (exact) mass is 492 g/mol. The molecule has 7 nitrogen and oxygen atoms in total. The summed E-state index contributed by atoms with van der Waals surface area (Å²) in [7, 11) is 1.71. The van der Waals surface area contributed by atoms with Gasteiger partial charge >= 0.3 is 6.09 Å². The van der Waals surface area contributed by atoms with Gasteiger partial charge in [0.2, 0.25) is 5.91 Å². The number of nitrogens with zero attached hydrogens (tertiary/aromatic N) is 3. The minimum Gasteiger partial charge on any atom is -0.444 e. The number of fused-ring (bicyclic) bond motifs is 1. The van der Waals surface area contributed by atoms with Gasteiger partial charge in [-0.25, -0.2) is 9.79 Å². The van der Waals surface area contributed by atoms with Gasteiger partial charge in [-0.3, -0.25) is 4.79 Å². The van der Waals surface area contributed by atoms with Crippen LogP contribution in [0.15, 0.2) is 33.2 Å². The van der Waals surface area contributed by atoms with Crippen molar-refractivity contribution in [2.75, 3.05) is 26.7 Å². The largest absolute Gasteiger partial charge is 0.444 e. The molecule has 0 fully saturated rings. The topological polar surface area (TPSA) is 88.2 Å². The van der Waals surface area contributed by atoms with Crippen LogP contribution in [-0.2, 0) is 9.53 Å². The number of nitrogens with two attached hydrogens (primary N) is 1. The zero-order chi connectivity index (χ0) is 23.2. The van der Waals surface area contributed by atoms with Crippen LogP contribution in [0.5, 0.6) is 0 Å². The maximum Gasteiger partial charge on any atom is 0.410 e. The molecule has 0 unspecified atom stereocenters. The molecule has 0 bridgehead atoms. The van der Waals surface area contributed by atoms with Crippen LogP contribution in [-0.4, -0.2) is 59.9 Å². The number of hydrogen-bond acceptors (Lipinski definition) is 5. The van der Waals surface area contributed by atoms with E-state index in [9.17, 15) is 9.59 Å². The summed E-state index contributed by atoms with van der Waals surface area (Å²) in [5.41, 5.74) is 7.79. The Morgan fingerprint density at radius 3 is 2.58 bits per heavy atom. The number of carbonyl (C=O) groups excluding carboxylic acids is 2. The molecule has 1 heterocycles. The first-order chi connectivity index (χ1) is 14.5. The van der Waals surface area contributed by atoms with Gasteiger partial charge in [0.15, 0.2) is 0 Å². The molecule has 31 heavy (non-hydrogen) atoms. The first kappa shape index (κ1) is 24.9. The van der Waals surface area contributed by atoms with E-state index >= 15 is 0 Å². The Labute approximate surface area is 193 Å². The number of aliphatic imine (C=N–C) groups is 1. The zero-order valence-corrected chi connectivity index (χ0v) is 20.7. The Morgan fingerprint density at radius 2 is 1.94 bits per heavy atom. The van der Waals surface area contributed by atoms with E-state index in [1.165, 1.54) is 0 Å². The summed E-state index contributed by atoms with van der Waals surface area (Å²) in [6.07, 6.45) is 3.32. The molecule has 170 valence electrons. The molecule has 0 aromatic heterocycles. The number of ether oxygens (including phenoxy) is 1. The number of hydrogen-bond donors (Lipinski definition) is 1. The molecule has 2 N–H and O–H groups in total. The van der Waals surface area contributed by atoms with Crippen molar-refractivity contribution in [3.63, 3.8) is 0 Å². The number of carbonyl (C=O) groups is 2. The fourth-order valence-electron chi connectivity index (χ4n) is 3.22. The van der Waals surface area contributed by atoms with Crippen LogP contribution >= 0.6 is 15.9 Å². The van der Waals surface area contributed by atoms with Gasteiger partial charge in [0.25, 0.3) is 0 Å². The van der Waals surface area contributed by atoms with Crippen LogP contribution in [0.2, 0.25) is 0 Å². The van der Waals surface area contributed by atoms with Crippen LogP contribution in [0.4, 0.5) is 10.5 Å². The lowest BCUT2D eigenvalue weighted by atomic mass is 10.1. The molecule has 1 aromatic carbocycles. The molecule has 0 atom stereocenters. The third-order valence-electron chi connectivity index (χ3n) is 4.64. The van der Waals surface area contributed by atoms with Gasteiger partial charge in [-0.15, -0.1) is 0 Å². The van der Waals surface area contributed by atoms with E-state index in [1.807, 2.05) is 56.9 Å². The van der Waals surface area contributed by atoms with Crippen molar-refractivity contribution in [2.24, 2.45) is 10.7 Å². The van der Waals surface area contributed by atoms with Crippen molar-refractivity contribution < 1.29 is 14.3 Å². The third-order valence-corrected chi connectivity index (χ3v) is 5.13. The minimum atomic E-state index is -0.533. The van der Waals surface area contributed by atoms with Crippen molar-refractivity contribution in [3.05, 3.63) is 33.8 Å². The van der Waals surface area contributed by atoms with Gasteiger partial charge in [-0.05, 0) is 51.8 Å². The van der Waals surface area contributed by atoms with Gasteiger partial charge in [0.05, 0.1) is 5.69 Å². The van der Waals surface area contributed by atoms with Crippen molar-refractivity contribution >= 4 is 45.5 Å². The fraction of sp³-hybridized carbons (Fsp3) is 0.522. The highest BCUT2D eigenvalue weighted by Gasteiger charge is 2.23. The highest BCUT2D eigenvalue weighted by atomic mass is 79.9. The van der Waals surface area contributed by atoms with E-state index in [2.05, 4.69) is 20.9 Å². The summed E-state index contributed by atoms with van der Waals surface area (Å²) in [5.74, 6) is 0.369. The SMILES string of the molecule is CCCN(CCCN(C)C(=O)OC(C)(C)C)C(=O)C1=Cc2ccc(Br)cc2N=C(N)C1. The molecule has 1 aliphatic heterocycles. The molecule has 0 saturated heterocycles. The Balaban J connectivity index is 2.07. The van der Waals surface area contributed by atoms with Crippen molar-refractivity contribution in [3.8, 4) is 0 Å². The van der Waals surface area contributed by atoms with E-state index in [4.69, 9.17) is 10.5 Å². The maximum absolute atomic E-state index is 13.3. The predicted molar refractivity (Wildman–Crippen MR) is 128 cm³/mol. The van der Waals surface area contributed by atoms with Gasteiger partial charge in [-0.1, -0.05) is 28.9 Å². The van der Waals surface area contributed by atoms with E-state index in [0.717, 1.165) is 22.1 Å². The van der Waals surface area contributed by atoms with Crippen molar-refractivity contribution in [2.45, 2.75) is 52.6 Å². The Morgan fingerprint density at radius 1 is 1.23 bits per heavy atom. The molecule has 0 spiro atoms.